The first kappa shape index (κ1) is 17.1. The third-order valence-electron chi connectivity index (χ3n) is 2.88. The van der Waals surface area contributed by atoms with Crippen molar-refractivity contribution in [1.82, 2.24) is 9.97 Å². The van der Waals surface area contributed by atoms with Crippen LogP contribution in [0.4, 0.5) is 5.00 Å². The third kappa shape index (κ3) is 3.93. The lowest BCUT2D eigenvalue weighted by molar-refractivity contribution is 0.0528. The number of aliphatic imine (C=N–C) groups is 1. The van der Waals surface area contributed by atoms with Crippen LogP contribution in [0, 0.1) is 4.77 Å². The zero-order valence-electron chi connectivity index (χ0n) is 12.5. The molecule has 0 spiro atoms. The van der Waals surface area contributed by atoms with Gasteiger partial charge in [-0.1, -0.05) is 6.92 Å². The van der Waals surface area contributed by atoms with Crippen molar-refractivity contribution >= 4 is 40.7 Å². The number of H-pyrrole nitrogens is 2. The van der Waals surface area contributed by atoms with Crippen LogP contribution in [0.5, 0.6) is 5.88 Å². The number of hydrogen-bond donors (Lipinski definition) is 3. The second kappa shape index (κ2) is 7.34. The van der Waals surface area contributed by atoms with E-state index in [1.807, 2.05) is 6.92 Å². The number of aryl methyl sites for hydroxylation is 1. The van der Waals surface area contributed by atoms with E-state index in [9.17, 15) is 14.7 Å². The predicted octanol–water partition coefficient (Wildman–Crippen LogP) is 2.69. The second-order valence-corrected chi connectivity index (χ2v) is 5.96. The largest absolute Gasteiger partial charge is 0.494 e. The molecule has 0 atom stereocenters. The summed E-state index contributed by atoms with van der Waals surface area (Å²) in [5, 5.41) is 10.2. The Kier molecular flexibility index (Phi) is 5.45. The summed E-state index contributed by atoms with van der Waals surface area (Å²) in [5.41, 5.74) is -0.301. The zero-order valence-corrected chi connectivity index (χ0v) is 14.1. The highest BCUT2D eigenvalue weighted by Gasteiger charge is 2.16. The minimum Gasteiger partial charge on any atom is -0.494 e. The van der Waals surface area contributed by atoms with Crippen molar-refractivity contribution in [2.24, 2.45) is 4.99 Å². The van der Waals surface area contributed by atoms with Gasteiger partial charge in [-0.05, 0) is 31.6 Å². The summed E-state index contributed by atoms with van der Waals surface area (Å²) in [4.78, 5) is 33.6. The Bertz CT molecular complexity index is 864. The molecule has 3 N–H and O–H groups in total. The Morgan fingerprint density at radius 3 is 2.83 bits per heavy atom. The number of nitrogens with one attached hydrogen (secondary N) is 2. The SMILES string of the molecule is CCOC(=O)c1cc(CC)sc1N=Cc1c(O)[nH]c(=S)[nH]c1=O. The quantitative estimate of drug-likeness (QED) is 0.435. The molecule has 0 aliphatic heterocycles. The molecule has 7 nitrogen and oxygen atoms in total. The number of aromatic amines is 2. The minimum absolute atomic E-state index is 0.0151. The molecule has 0 unspecified atom stereocenters. The molecule has 2 heterocycles. The first-order valence-electron chi connectivity index (χ1n) is 6.85. The average Bonchev–Trinajstić information content (AvgIpc) is 2.90. The molecule has 9 heteroatoms. The van der Waals surface area contributed by atoms with E-state index >= 15 is 0 Å². The fourth-order valence-electron chi connectivity index (χ4n) is 1.78. The predicted molar refractivity (Wildman–Crippen MR) is 90.8 cm³/mol. The van der Waals surface area contributed by atoms with Gasteiger partial charge in [-0.15, -0.1) is 11.3 Å². The Morgan fingerprint density at radius 1 is 1.48 bits per heavy atom. The van der Waals surface area contributed by atoms with E-state index in [0.29, 0.717) is 10.6 Å². The number of nitrogens with zero attached hydrogens (tertiary/aromatic N) is 1. The molecule has 0 aliphatic carbocycles. The van der Waals surface area contributed by atoms with Crippen LogP contribution in [0.15, 0.2) is 15.9 Å². The van der Waals surface area contributed by atoms with Crippen molar-refractivity contribution in [2.75, 3.05) is 6.61 Å². The highest BCUT2D eigenvalue weighted by Crippen LogP contribution is 2.32. The smallest absolute Gasteiger partial charge is 0.341 e. The summed E-state index contributed by atoms with van der Waals surface area (Å²) >= 11 is 6.08. The van der Waals surface area contributed by atoms with Crippen molar-refractivity contribution < 1.29 is 14.6 Å². The maximum absolute atomic E-state index is 12.0. The Labute approximate surface area is 140 Å². The number of aromatic nitrogens is 2. The van der Waals surface area contributed by atoms with Crippen molar-refractivity contribution in [2.45, 2.75) is 20.3 Å². The summed E-state index contributed by atoms with van der Waals surface area (Å²) in [6.45, 7) is 3.94. The molecule has 23 heavy (non-hydrogen) atoms. The normalized spacial score (nSPS) is 11.0. The van der Waals surface area contributed by atoms with Gasteiger partial charge in [0.15, 0.2) is 4.77 Å². The second-order valence-electron chi connectivity index (χ2n) is 4.43. The third-order valence-corrected chi connectivity index (χ3v) is 4.27. The van der Waals surface area contributed by atoms with Gasteiger partial charge in [0.05, 0.1) is 12.2 Å². The highest BCUT2D eigenvalue weighted by molar-refractivity contribution is 7.71. The summed E-state index contributed by atoms with van der Waals surface area (Å²) in [7, 11) is 0. The average molecular weight is 353 g/mol. The molecule has 2 aromatic heterocycles. The number of thiophene rings is 1. The van der Waals surface area contributed by atoms with E-state index in [4.69, 9.17) is 17.0 Å². The van der Waals surface area contributed by atoms with Gasteiger partial charge in [-0.25, -0.2) is 9.79 Å². The van der Waals surface area contributed by atoms with E-state index < -0.39 is 11.5 Å². The molecule has 2 aromatic rings. The molecule has 2 rings (SSSR count). The Hall–Kier alpha value is -2.26. The van der Waals surface area contributed by atoms with E-state index in [1.54, 1.807) is 13.0 Å². The maximum Gasteiger partial charge on any atom is 0.341 e. The van der Waals surface area contributed by atoms with Crippen LogP contribution < -0.4 is 5.56 Å². The van der Waals surface area contributed by atoms with Crippen molar-refractivity contribution in [3.63, 3.8) is 0 Å². The van der Waals surface area contributed by atoms with Crippen LogP contribution in [0.2, 0.25) is 0 Å². The number of hydrogen-bond acceptors (Lipinski definition) is 7. The Morgan fingerprint density at radius 2 is 2.22 bits per heavy atom. The van der Waals surface area contributed by atoms with Gasteiger partial charge in [0.1, 0.15) is 10.6 Å². The molecule has 0 aromatic carbocycles. The van der Waals surface area contributed by atoms with Gasteiger partial charge in [0.2, 0.25) is 5.88 Å². The number of rotatable bonds is 5. The number of carbonyl (C=O) groups excluding carboxylic acids is 1. The molecule has 0 saturated carbocycles. The molecule has 0 fully saturated rings. The van der Waals surface area contributed by atoms with Gasteiger partial charge in [0, 0.05) is 11.1 Å². The van der Waals surface area contributed by atoms with Crippen molar-refractivity contribution in [3.05, 3.63) is 37.2 Å². The number of aromatic hydroxyl groups is 1. The fraction of sp³-hybridized carbons (Fsp3) is 0.286. The minimum atomic E-state index is -0.569. The lowest BCUT2D eigenvalue weighted by Crippen LogP contribution is -2.13. The molecule has 0 saturated heterocycles. The van der Waals surface area contributed by atoms with Gasteiger partial charge in [-0.2, -0.15) is 0 Å². The van der Waals surface area contributed by atoms with Crippen LogP contribution in [-0.2, 0) is 11.2 Å². The highest BCUT2D eigenvalue weighted by atomic mass is 32.1. The van der Waals surface area contributed by atoms with E-state index in [2.05, 4.69) is 15.0 Å². The van der Waals surface area contributed by atoms with Crippen molar-refractivity contribution in [1.29, 1.82) is 0 Å². The standard InChI is InChI=1S/C14H15N3O4S2/c1-3-7-5-8(13(20)21-4-2)12(23-7)15-6-9-10(18)16-14(22)17-11(9)19/h5-6H,3-4H2,1-2H3,(H3,16,17,18,19,22). The molecule has 122 valence electrons. The van der Waals surface area contributed by atoms with Crippen LogP contribution in [-0.4, -0.2) is 33.9 Å². The zero-order chi connectivity index (χ0) is 17.0. The first-order chi connectivity index (χ1) is 11.0. The number of carbonyl (C=O) groups is 1. The lowest BCUT2D eigenvalue weighted by atomic mass is 10.2. The molecular formula is C14H15N3O4S2. The van der Waals surface area contributed by atoms with Crippen LogP contribution in [0.25, 0.3) is 0 Å². The summed E-state index contributed by atoms with van der Waals surface area (Å²) in [5.74, 6) is -0.853. The van der Waals surface area contributed by atoms with E-state index in [-0.39, 0.29) is 22.8 Å². The van der Waals surface area contributed by atoms with Gasteiger partial charge >= 0.3 is 5.97 Å². The summed E-state index contributed by atoms with van der Waals surface area (Å²) in [6, 6.07) is 1.72. The van der Waals surface area contributed by atoms with Crippen molar-refractivity contribution in [3.8, 4) is 5.88 Å². The summed E-state index contributed by atoms with van der Waals surface area (Å²) in [6.07, 6.45) is 1.93. The topological polar surface area (TPSA) is 108 Å². The molecule has 0 amide bonds. The van der Waals surface area contributed by atoms with Gasteiger partial charge in [-0.3, -0.25) is 9.78 Å². The fourth-order valence-corrected chi connectivity index (χ4v) is 2.90. The monoisotopic (exact) mass is 353 g/mol. The first-order valence-corrected chi connectivity index (χ1v) is 8.08. The van der Waals surface area contributed by atoms with E-state index in [0.717, 1.165) is 11.3 Å². The van der Waals surface area contributed by atoms with Gasteiger partial charge in [0.25, 0.3) is 5.56 Å². The van der Waals surface area contributed by atoms with Crippen LogP contribution in [0.3, 0.4) is 0 Å². The lowest BCUT2D eigenvalue weighted by Gasteiger charge is -2.00. The Balaban J connectivity index is 2.44. The molecular weight excluding hydrogens is 338 g/mol. The number of ether oxygens (including phenoxy) is 1. The maximum atomic E-state index is 12.0. The number of esters is 1. The van der Waals surface area contributed by atoms with Crippen LogP contribution in [0.1, 0.15) is 34.6 Å². The van der Waals surface area contributed by atoms with E-state index in [1.165, 1.54) is 17.6 Å². The molecule has 0 bridgehead atoms. The molecule has 0 aliphatic rings. The summed E-state index contributed by atoms with van der Waals surface area (Å²) < 4.78 is 5.01. The van der Waals surface area contributed by atoms with Crippen LogP contribution >= 0.6 is 23.6 Å². The van der Waals surface area contributed by atoms with Gasteiger partial charge < -0.3 is 14.8 Å². The molecule has 0 radical (unpaired) electrons.